The van der Waals surface area contributed by atoms with Crippen molar-refractivity contribution in [2.75, 3.05) is 0 Å². The molecular formula is C20H16ClN3O2S2. The molecule has 0 saturated carbocycles. The van der Waals surface area contributed by atoms with Crippen molar-refractivity contribution in [3.8, 4) is 5.95 Å². The van der Waals surface area contributed by atoms with Gasteiger partial charge in [0.25, 0.3) is 0 Å². The van der Waals surface area contributed by atoms with E-state index < -0.39 is 5.97 Å². The summed E-state index contributed by atoms with van der Waals surface area (Å²) in [5, 5.41) is 9.30. The van der Waals surface area contributed by atoms with Crippen LogP contribution in [0.2, 0.25) is 0 Å². The summed E-state index contributed by atoms with van der Waals surface area (Å²) in [5.74, 6) is 0.565. The van der Waals surface area contributed by atoms with Crippen LogP contribution in [-0.2, 0) is 5.75 Å². The Labute approximate surface area is 176 Å². The van der Waals surface area contributed by atoms with Crippen molar-refractivity contribution in [2.24, 2.45) is 0 Å². The van der Waals surface area contributed by atoms with Crippen molar-refractivity contribution in [2.45, 2.75) is 10.6 Å². The largest absolute Gasteiger partial charge is 1.00 e. The van der Waals surface area contributed by atoms with Gasteiger partial charge in [0.05, 0.1) is 23.2 Å². The number of pyridine rings is 1. The topological polar surface area (TPSA) is 69.9 Å². The molecule has 0 aliphatic heterocycles. The zero-order valence-corrected chi connectivity index (χ0v) is 17.0. The Balaban J connectivity index is 0.00000225. The maximum atomic E-state index is 11.3. The normalized spacial score (nSPS) is 10.6. The molecule has 0 radical (unpaired) electrons. The van der Waals surface area contributed by atoms with Crippen LogP contribution in [0.5, 0.6) is 0 Å². The average Bonchev–Trinajstić information content (AvgIpc) is 3.12. The Morgan fingerprint density at radius 3 is 2.61 bits per heavy atom. The molecule has 2 N–H and O–H groups in total. The van der Waals surface area contributed by atoms with Crippen LogP contribution in [-0.4, -0.2) is 21.0 Å². The molecule has 142 valence electrons. The van der Waals surface area contributed by atoms with Crippen molar-refractivity contribution in [3.05, 3.63) is 84.2 Å². The summed E-state index contributed by atoms with van der Waals surface area (Å²) in [7, 11) is 3.07. The number of H-pyrrole nitrogens is 1. The number of fused-ring (bicyclic) bond motifs is 1. The van der Waals surface area contributed by atoms with Crippen LogP contribution >= 0.6 is 21.6 Å². The van der Waals surface area contributed by atoms with Crippen LogP contribution in [0.1, 0.15) is 16.1 Å². The number of carboxylic acid groups (broad SMARTS) is 1. The number of aromatic nitrogens is 3. The molecule has 0 saturated heterocycles. The Hall–Kier alpha value is -2.48. The first-order chi connectivity index (χ1) is 13.2. The van der Waals surface area contributed by atoms with Gasteiger partial charge in [-0.1, -0.05) is 56.9 Å². The number of carboxylic acids is 1. The Morgan fingerprint density at radius 1 is 1.04 bits per heavy atom. The smallest absolute Gasteiger partial charge is 0.402 e. The number of hydrogen-bond acceptors (Lipinski definition) is 4. The highest BCUT2D eigenvalue weighted by Crippen LogP contribution is 2.35. The third-order valence-corrected chi connectivity index (χ3v) is 6.34. The van der Waals surface area contributed by atoms with Gasteiger partial charge in [0, 0.05) is 4.90 Å². The molecule has 0 fully saturated rings. The maximum Gasteiger partial charge on any atom is 0.402 e. The van der Waals surface area contributed by atoms with Gasteiger partial charge >= 0.3 is 11.9 Å². The van der Waals surface area contributed by atoms with Gasteiger partial charge < -0.3 is 17.5 Å². The first kappa shape index (κ1) is 20.3. The summed E-state index contributed by atoms with van der Waals surface area (Å²) >= 11 is 0. The Morgan fingerprint density at radius 2 is 1.79 bits per heavy atom. The minimum Gasteiger partial charge on any atom is -1.00 e. The minimum atomic E-state index is -0.907. The molecule has 28 heavy (non-hydrogen) atoms. The fourth-order valence-electron chi connectivity index (χ4n) is 2.73. The first-order valence-electron chi connectivity index (χ1n) is 8.29. The summed E-state index contributed by atoms with van der Waals surface area (Å²) in [5.41, 5.74) is 3.31. The lowest BCUT2D eigenvalue weighted by Crippen LogP contribution is -3.00. The SMILES string of the molecule is O=C(O)c1ccccc1SSCc1cccc[n+]1-c1nc2ccccc2[nH]1.[Cl-]. The Bertz CT molecular complexity index is 1080. The summed E-state index contributed by atoms with van der Waals surface area (Å²) < 4.78 is 2.02. The molecule has 4 rings (SSSR count). The summed E-state index contributed by atoms with van der Waals surface area (Å²) in [6.45, 7) is 0. The van der Waals surface area contributed by atoms with Crippen LogP contribution in [0.15, 0.2) is 77.8 Å². The van der Waals surface area contributed by atoms with Crippen molar-refractivity contribution in [1.82, 2.24) is 9.97 Å². The number of hydrogen-bond donors (Lipinski definition) is 2. The van der Waals surface area contributed by atoms with Crippen LogP contribution in [0.4, 0.5) is 0 Å². The number of carbonyl (C=O) groups is 1. The lowest BCUT2D eigenvalue weighted by molar-refractivity contribution is -0.610. The second-order valence-corrected chi connectivity index (χ2v) is 8.12. The van der Waals surface area contributed by atoms with Crippen LogP contribution < -0.4 is 17.0 Å². The zero-order chi connectivity index (χ0) is 18.6. The zero-order valence-electron chi connectivity index (χ0n) is 14.6. The molecule has 8 heteroatoms. The predicted octanol–water partition coefficient (Wildman–Crippen LogP) is 1.48. The van der Waals surface area contributed by atoms with Gasteiger partial charge in [-0.3, -0.25) is 0 Å². The first-order valence-corrected chi connectivity index (χ1v) is 10.6. The van der Waals surface area contributed by atoms with Gasteiger partial charge in [-0.25, -0.2) is 14.3 Å². The molecule has 2 aromatic heterocycles. The molecule has 0 aliphatic carbocycles. The van der Waals surface area contributed by atoms with Crippen LogP contribution in [0.25, 0.3) is 17.0 Å². The summed E-state index contributed by atoms with van der Waals surface area (Å²) in [6, 6.07) is 21.0. The number of para-hydroxylation sites is 2. The molecule has 4 aromatic rings. The van der Waals surface area contributed by atoms with Crippen molar-refractivity contribution < 1.29 is 26.9 Å². The van der Waals surface area contributed by atoms with E-state index in [9.17, 15) is 9.90 Å². The van der Waals surface area contributed by atoms with E-state index in [0.29, 0.717) is 11.3 Å². The van der Waals surface area contributed by atoms with E-state index in [0.717, 1.165) is 27.6 Å². The fraction of sp³-hybridized carbons (Fsp3) is 0.0500. The average molecular weight is 430 g/mol. The van der Waals surface area contributed by atoms with E-state index in [2.05, 4.69) is 9.97 Å². The monoisotopic (exact) mass is 429 g/mol. The predicted molar refractivity (Wildman–Crippen MR) is 108 cm³/mol. The van der Waals surface area contributed by atoms with Gasteiger partial charge in [0.2, 0.25) is 0 Å². The molecule has 0 spiro atoms. The highest BCUT2D eigenvalue weighted by molar-refractivity contribution is 8.76. The highest BCUT2D eigenvalue weighted by Gasteiger charge is 2.17. The summed E-state index contributed by atoms with van der Waals surface area (Å²) in [4.78, 5) is 20.1. The van der Waals surface area contributed by atoms with Crippen molar-refractivity contribution in [3.63, 3.8) is 0 Å². The van der Waals surface area contributed by atoms with Crippen molar-refractivity contribution >= 4 is 38.6 Å². The molecule has 0 bridgehead atoms. The number of aromatic amines is 1. The van der Waals surface area contributed by atoms with Gasteiger partial charge in [-0.2, -0.15) is 0 Å². The van der Waals surface area contributed by atoms with E-state index in [4.69, 9.17) is 0 Å². The number of nitrogens with one attached hydrogen (secondary N) is 1. The third-order valence-electron chi connectivity index (χ3n) is 4.02. The molecule has 0 aliphatic rings. The van der Waals surface area contributed by atoms with E-state index in [-0.39, 0.29) is 12.4 Å². The van der Waals surface area contributed by atoms with E-state index >= 15 is 0 Å². The molecule has 0 amide bonds. The van der Waals surface area contributed by atoms with E-state index in [1.807, 2.05) is 65.4 Å². The van der Waals surface area contributed by atoms with Crippen LogP contribution in [0.3, 0.4) is 0 Å². The number of aromatic carboxylic acids is 1. The molecule has 5 nitrogen and oxygen atoms in total. The standard InChI is InChI=1S/C20H15N3O2S2.ClH/c24-19(25)15-8-1-4-11-18(15)27-26-13-14-7-5-6-12-23(14)20-21-16-9-2-3-10-17(16)22-20;/h1-12H,13H2,(H-,21,22,24,25);1H. The number of imidazole rings is 1. The van der Waals surface area contributed by atoms with Gasteiger partial charge in [-0.05, 0) is 36.4 Å². The second-order valence-electron chi connectivity index (χ2n) is 5.79. The molecule has 2 aromatic carbocycles. The number of rotatable bonds is 6. The molecule has 2 heterocycles. The van der Waals surface area contributed by atoms with Gasteiger partial charge in [0.15, 0.2) is 5.52 Å². The second kappa shape index (κ2) is 9.14. The van der Waals surface area contributed by atoms with Crippen molar-refractivity contribution in [1.29, 1.82) is 0 Å². The number of nitrogens with zero attached hydrogens (tertiary/aromatic N) is 2. The molecule has 0 atom stereocenters. The fourth-order valence-corrected chi connectivity index (χ4v) is 5.00. The third kappa shape index (κ3) is 4.32. The number of benzene rings is 2. The minimum absolute atomic E-state index is 0. The quantitative estimate of drug-likeness (QED) is 0.359. The van der Waals surface area contributed by atoms with Gasteiger partial charge in [-0.15, -0.1) is 0 Å². The maximum absolute atomic E-state index is 11.3. The van der Waals surface area contributed by atoms with E-state index in [1.54, 1.807) is 22.9 Å². The number of halogens is 1. The lowest BCUT2D eigenvalue weighted by atomic mass is 10.2. The summed E-state index contributed by atoms with van der Waals surface area (Å²) in [6.07, 6.45) is 1.98. The van der Waals surface area contributed by atoms with E-state index in [1.165, 1.54) is 10.8 Å². The van der Waals surface area contributed by atoms with Crippen LogP contribution in [0, 0.1) is 0 Å². The Kier molecular flexibility index (Phi) is 6.61. The highest BCUT2D eigenvalue weighted by atomic mass is 35.5. The molecule has 0 unspecified atom stereocenters. The molecular weight excluding hydrogens is 414 g/mol. The lowest BCUT2D eigenvalue weighted by Gasteiger charge is -2.06. The van der Waals surface area contributed by atoms with Gasteiger partial charge in [0.1, 0.15) is 5.52 Å².